The number of thioether (sulfide) groups is 1. The second-order valence-electron chi connectivity index (χ2n) is 7.45. The number of carbonyl (C=O) groups is 2. The fourth-order valence-electron chi connectivity index (χ4n) is 3.34. The van der Waals surface area contributed by atoms with Crippen LogP contribution in [0, 0.1) is 0 Å². The maximum absolute atomic E-state index is 13.4. The van der Waals surface area contributed by atoms with Gasteiger partial charge in [-0.05, 0) is 42.0 Å². The lowest BCUT2D eigenvalue weighted by molar-refractivity contribution is -0.115. The highest BCUT2D eigenvalue weighted by Crippen LogP contribution is 2.37. The van der Waals surface area contributed by atoms with E-state index in [9.17, 15) is 9.59 Å². The van der Waals surface area contributed by atoms with Gasteiger partial charge >= 0.3 is 0 Å². The van der Waals surface area contributed by atoms with E-state index in [4.69, 9.17) is 13.9 Å². The molecule has 0 fully saturated rings. The average Bonchev–Trinajstić information content (AvgIpc) is 3.44. The van der Waals surface area contributed by atoms with E-state index in [0.717, 1.165) is 10.5 Å². The van der Waals surface area contributed by atoms with Gasteiger partial charge in [-0.15, -0.1) is 11.8 Å². The summed E-state index contributed by atoms with van der Waals surface area (Å²) in [6.07, 6.45) is 1.45. The van der Waals surface area contributed by atoms with E-state index in [1.807, 2.05) is 42.5 Å². The van der Waals surface area contributed by atoms with E-state index in [-0.39, 0.29) is 17.6 Å². The lowest BCUT2D eigenvalue weighted by atomic mass is 10.1. The number of ether oxygens (including phenoxy) is 2. The molecule has 0 aliphatic heterocycles. The Kier molecular flexibility index (Phi) is 7.74. The molecule has 4 rings (SSSR count). The summed E-state index contributed by atoms with van der Waals surface area (Å²) in [6.45, 7) is 0. The average molecular weight is 489 g/mol. The van der Waals surface area contributed by atoms with E-state index < -0.39 is 5.25 Å². The zero-order chi connectivity index (χ0) is 24.6. The van der Waals surface area contributed by atoms with Gasteiger partial charge in [-0.1, -0.05) is 30.3 Å². The van der Waals surface area contributed by atoms with Gasteiger partial charge < -0.3 is 24.5 Å². The van der Waals surface area contributed by atoms with Crippen LogP contribution in [-0.2, 0) is 4.79 Å². The van der Waals surface area contributed by atoms with Gasteiger partial charge in [0.05, 0.1) is 20.5 Å². The van der Waals surface area contributed by atoms with Crippen LogP contribution in [0.4, 0.5) is 11.4 Å². The molecule has 4 aromatic rings. The minimum Gasteiger partial charge on any atom is -0.497 e. The van der Waals surface area contributed by atoms with Crippen LogP contribution in [0.2, 0.25) is 0 Å². The Hall–Kier alpha value is -4.17. The number of methoxy groups -OCH3 is 2. The Morgan fingerprint density at radius 2 is 1.49 bits per heavy atom. The van der Waals surface area contributed by atoms with Crippen molar-refractivity contribution in [2.75, 3.05) is 24.9 Å². The molecule has 2 amide bonds. The van der Waals surface area contributed by atoms with Crippen LogP contribution in [0.3, 0.4) is 0 Å². The Balaban J connectivity index is 1.51. The minimum absolute atomic E-state index is 0.188. The van der Waals surface area contributed by atoms with Gasteiger partial charge in [0.2, 0.25) is 5.91 Å². The smallest absolute Gasteiger partial charge is 0.291 e. The third-order valence-electron chi connectivity index (χ3n) is 5.07. The van der Waals surface area contributed by atoms with Crippen LogP contribution >= 0.6 is 11.8 Å². The van der Waals surface area contributed by atoms with Gasteiger partial charge in [0.15, 0.2) is 5.76 Å². The van der Waals surface area contributed by atoms with Crippen molar-refractivity contribution in [3.8, 4) is 11.5 Å². The quantitative estimate of drug-likeness (QED) is 0.280. The predicted molar refractivity (Wildman–Crippen MR) is 136 cm³/mol. The Morgan fingerprint density at radius 3 is 2.09 bits per heavy atom. The summed E-state index contributed by atoms with van der Waals surface area (Å²) in [5.41, 5.74) is 2.06. The number of benzene rings is 3. The lowest BCUT2D eigenvalue weighted by Gasteiger charge is -2.18. The Bertz CT molecular complexity index is 1250. The molecule has 0 spiro atoms. The molecule has 2 N–H and O–H groups in total. The minimum atomic E-state index is -0.517. The summed E-state index contributed by atoms with van der Waals surface area (Å²) >= 11 is 1.41. The number of anilines is 2. The van der Waals surface area contributed by atoms with E-state index in [0.29, 0.717) is 22.9 Å². The number of rotatable bonds is 9. The van der Waals surface area contributed by atoms with Crippen LogP contribution in [-0.4, -0.2) is 26.0 Å². The highest BCUT2D eigenvalue weighted by molar-refractivity contribution is 8.00. The number of nitrogens with one attached hydrogen (secondary N) is 2. The van der Waals surface area contributed by atoms with Crippen molar-refractivity contribution in [2.45, 2.75) is 10.1 Å². The zero-order valence-electron chi connectivity index (χ0n) is 19.2. The first kappa shape index (κ1) is 24.0. The second kappa shape index (κ2) is 11.3. The molecule has 1 unspecified atom stereocenters. The van der Waals surface area contributed by atoms with Crippen LogP contribution < -0.4 is 20.1 Å². The van der Waals surface area contributed by atoms with Crippen LogP contribution in [0.25, 0.3) is 0 Å². The van der Waals surface area contributed by atoms with Gasteiger partial charge in [0.1, 0.15) is 16.7 Å². The summed E-state index contributed by atoms with van der Waals surface area (Å²) in [7, 11) is 3.12. The lowest BCUT2D eigenvalue weighted by Crippen LogP contribution is -2.19. The molecule has 8 heteroatoms. The monoisotopic (exact) mass is 488 g/mol. The maximum Gasteiger partial charge on any atom is 0.291 e. The van der Waals surface area contributed by atoms with Crippen molar-refractivity contribution >= 4 is 35.0 Å². The molecule has 1 atom stereocenters. The van der Waals surface area contributed by atoms with Crippen molar-refractivity contribution in [1.29, 1.82) is 0 Å². The van der Waals surface area contributed by atoms with Gasteiger partial charge in [0.25, 0.3) is 5.91 Å². The highest BCUT2D eigenvalue weighted by Gasteiger charge is 2.23. The molecule has 0 saturated carbocycles. The van der Waals surface area contributed by atoms with Crippen molar-refractivity contribution in [3.63, 3.8) is 0 Å². The Morgan fingerprint density at radius 1 is 0.800 bits per heavy atom. The van der Waals surface area contributed by atoms with E-state index in [1.165, 1.54) is 18.0 Å². The third kappa shape index (κ3) is 6.24. The van der Waals surface area contributed by atoms with Crippen molar-refractivity contribution < 1.29 is 23.5 Å². The van der Waals surface area contributed by atoms with Crippen molar-refractivity contribution in [1.82, 2.24) is 0 Å². The SMILES string of the molecule is COc1cc(NC(=O)C(Sc2ccc(NC(=O)c3ccco3)cc2)c2ccccc2)cc(OC)c1. The van der Waals surface area contributed by atoms with Crippen LogP contribution in [0.15, 0.2) is 101 Å². The summed E-state index contributed by atoms with van der Waals surface area (Å²) < 4.78 is 15.7. The van der Waals surface area contributed by atoms with E-state index in [1.54, 1.807) is 56.7 Å². The highest BCUT2D eigenvalue weighted by atomic mass is 32.2. The van der Waals surface area contributed by atoms with Gasteiger partial charge in [0, 0.05) is 34.5 Å². The zero-order valence-corrected chi connectivity index (χ0v) is 20.0. The third-order valence-corrected chi connectivity index (χ3v) is 6.34. The van der Waals surface area contributed by atoms with Crippen LogP contribution in [0.1, 0.15) is 21.4 Å². The molecule has 0 aliphatic carbocycles. The van der Waals surface area contributed by atoms with Crippen molar-refractivity contribution in [2.24, 2.45) is 0 Å². The molecule has 1 heterocycles. The number of furan rings is 1. The summed E-state index contributed by atoms with van der Waals surface area (Å²) in [5, 5.41) is 5.25. The second-order valence-corrected chi connectivity index (χ2v) is 8.63. The largest absolute Gasteiger partial charge is 0.497 e. The van der Waals surface area contributed by atoms with Crippen LogP contribution in [0.5, 0.6) is 11.5 Å². The first-order valence-electron chi connectivity index (χ1n) is 10.8. The molecule has 0 aliphatic rings. The van der Waals surface area contributed by atoms with E-state index in [2.05, 4.69) is 10.6 Å². The number of amides is 2. The molecule has 0 saturated heterocycles. The first-order chi connectivity index (χ1) is 17.1. The molecular formula is C27H24N2O5S. The molecule has 35 heavy (non-hydrogen) atoms. The summed E-state index contributed by atoms with van der Waals surface area (Å²) in [5.74, 6) is 0.877. The molecule has 0 radical (unpaired) electrons. The fourth-order valence-corrected chi connectivity index (χ4v) is 4.37. The predicted octanol–water partition coefficient (Wildman–Crippen LogP) is 6.02. The number of carbonyl (C=O) groups excluding carboxylic acids is 2. The topological polar surface area (TPSA) is 89.8 Å². The normalized spacial score (nSPS) is 11.4. The fraction of sp³-hybridized carbons (Fsp3) is 0.111. The molecule has 178 valence electrons. The Labute approximate surface area is 207 Å². The standard InChI is InChI=1S/C27H24N2O5S/c1-32-21-15-20(16-22(17-21)33-2)29-27(31)25(18-7-4-3-5-8-18)35-23-12-10-19(11-13-23)28-26(30)24-9-6-14-34-24/h3-17,25H,1-2H3,(H,28,30)(H,29,31). The number of hydrogen-bond donors (Lipinski definition) is 2. The van der Waals surface area contributed by atoms with Gasteiger partial charge in [-0.3, -0.25) is 9.59 Å². The molecule has 1 aromatic heterocycles. The van der Waals surface area contributed by atoms with Crippen molar-refractivity contribution in [3.05, 3.63) is 103 Å². The first-order valence-corrected chi connectivity index (χ1v) is 11.6. The molecule has 3 aromatic carbocycles. The van der Waals surface area contributed by atoms with Gasteiger partial charge in [-0.2, -0.15) is 0 Å². The molecular weight excluding hydrogens is 464 g/mol. The molecule has 7 nitrogen and oxygen atoms in total. The summed E-state index contributed by atoms with van der Waals surface area (Å²) in [6, 6.07) is 25.3. The maximum atomic E-state index is 13.4. The van der Waals surface area contributed by atoms with Gasteiger partial charge in [-0.25, -0.2) is 0 Å². The van der Waals surface area contributed by atoms with E-state index >= 15 is 0 Å². The number of hydrogen-bond acceptors (Lipinski definition) is 6. The summed E-state index contributed by atoms with van der Waals surface area (Å²) in [4.78, 5) is 26.4. The molecule has 0 bridgehead atoms.